The Morgan fingerprint density at radius 1 is 1.12 bits per heavy atom. The molecule has 0 saturated carbocycles. The number of carbonyl (C=O) groups is 1. The molecule has 6 heteroatoms. The molecule has 0 radical (unpaired) electrons. The van der Waals surface area contributed by atoms with Crippen LogP contribution in [0.25, 0.3) is 0 Å². The van der Waals surface area contributed by atoms with Crippen LogP contribution in [0.4, 0.5) is 4.39 Å². The van der Waals surface area contributed by atoms with Gasteiger partial charge in [-0.05, 0) is 43.7 Å². The Morgan fingerprint density at radius 3 is 2.46 bits per heavy atom. The Kier molecular flexibility index (Phi) is 6.83. The first-order chi connectivity index (χ1) is 12.5. The lowest BCUT2D eigenvalue weighted by atomic mass is 10.1. The Labute approximate surface area is 153 Å². The highest BCUT2D eigenvalue weighted by Crippen LogP contribution is 2.29. The van der Waals surface area contributed by atoms with Crippen molar-refractivity contribution in [1.29, 1.82) is 0 Å². The third kappa shape index (κ3) is 4.65. The molecule has 0 heterocycles. The van der Waals surface area contributed by atoms with Crippen LogP contribution >= 0.6 is 0 Å². The highest BCUT2D eigenvalue weighted by molar-refractivity contribution is 5.81. The molecule has 0 saturated heterocycles. The average molecular weight is 361 g/mol. The van der Waals surface area contributed by atoms with E-state index in [0.717, 1.165) is 5.56 Å². The molecule has 0 aliphatic rings. The van der Waals surface area contributed by atoms with E-state index in [1.807, 2.05) is 19.9 Å². The molecule has 0 fully saturated rings. The first-order valence-corrected chi connectivity index (χ1v) is 8.43. The Balaban J connectivity index is 2.13. The van der Waals surface area contributed by atoms with Crippen LogP contribution in [0.5, 0.6) is 17.2 Å². The second kappa shape index (κ2) is 9.08. The minimum atomic E-state index is -0.800. The molecule has 1 amide bonds. The van der Waals surface area contributed by atoms with E-state index >= 15 is 0 Å². The fraction of sp³-hybridized carbons (Fsp3) is 0.350. The Bertz CT molecular complexity index is 750. The van der Waals surface area contributed by atoms with Gasteiger partial charge >= 0.3 is 0 Å². The molecule has 0 aliphatic heterocycles. The quantitative estimate of drug-likeness (QED) is 0.775. The molecule has 2 aromatic rings. The third-order valence-corrected chi connectivity index (χ3v) is 4.03. The van der Waals surface area contributed by atoms with E-state index < -0.39 is 11.9 Å². The smallest absolute Gasteiger partial charge is 0.261 e. The highest BCUT2D eigenvalue weighted by Gasteiger charge is 2.23. The van der Waals surface area contributed by atoms with Crippen LogP contribution in [0.3, 0.4) is 0 Å². The summed E-state index contributed by atoms with van der Waals surface area (Å²) < 4.78 is 29.9. The first-order valence-electron chi connectivity index (χ1n) is 8.43. The number of benzene rings is 2. The summed E-state index contributed by atoms with van der Waals surface area (Å²) in [6.07, 6.45) is -0.395. The van der Waals surface area contributed by atoms with Gasteiger partial charge in [0, 0.05) is 5.56 Å². The second-order valence-electron chi connectivity index (χ2n) is 5.78. The van der Waals surface area contributed by atoms with Crippen LogP contribution in [0, 0.1) is 5.82 Å². The summed E-state index contributed by atoms with van der Waals surface area (Å²) in [5, 5.41) is 2.89. The zero-order valence-corrected chi connectivity index (χ0v) is 15.4. The molecule has 1 N–H and O–H groups in total. The van der Waals surface area contributed by atoms with Crippen LogP contribution in [-0.2, 0) is 4.79 Å². The van der Waals surface area contributed by atoms with Gasteiger partial charge in [0.05, 0.1) is 20.3 Å². The van der Waals surface area contributed by atoms with E-state index in [9.17, 15) is 9.18 Å². The van der Waals surface area contributed by atoms with Crippen LogP contribution in [0.15, 0.2) is 42.5 Å². The van der Waals surface area contributed by atoms with E-state index in [1.165, 1.54) is 12.1 Å². The Hall–Kier alpha value is -2.76. The van der Waals surface area contributed by atoms with Gasteiger partial charge in [0.2, 0.25) is 0 Å². The maximum absolute atomic E-state index is 13.8. The van der Waals surface area contributed by atoms with Crippen LogP contribution in [-0.4, -0.2) is 26.2 Å². The fourth-order valence-electron chi connectivity index (χ4n) is 2.58. The molecule has 2 aromatic carbocycles. The standard InChI is InChI=1S/C20H24FNO4/c1-5-17(26-19-9-7-6-8-16(19)21)20(23)22-13(2)15-12-14(24-3)10-11-18(15)25-4/h6-13,17H,5H2,1-4H3,(H,22,23)/t13-,17-/m0/s1. The van der Waals surface area contributed by atoms with Crippen molar-refractivity contribution < 1.29 is 23.4 Å². The average Bonchev–Trinajstić information content (AvgIpc) is 2.66. The third-order valence-electron chi connectivity index (χ3n) is 4.03. The highest BCUT2D eigenvalue weighted by atomic mass is 19.1. The van der Waals surface area contributed by atoms with Crippen molar-refractivity contribution in [2.75, 3.05) is 14.2 Å². The van der Waals surface area contributed by atoms with Gasteiger partial charge < -0.3 is 19.5 Å². The van der Waals surface area contributed by atoms with Gasteiger partial charge in [0.15, 0.2) is 17.7 Å². The molecule has 0 aliphatic carbocycles. The fourth-order valence-corrected chi connectivity index (χ4v) is 2.58. The summed E-state index contributed by atoms with van der Waals surface area (Å²) in [6, 6.07) is 11.1. The van der Waals surface area contributed by atoms with Crippen molar-refractivity contribution in [2.24, 2.45) is 0 Å². The maximum Gasteiger partial charge on any atom is 0.261 e. The number of carbonyl (C=O) groups excluding carboxylic acids is 1. The van der Waals surface area contributed by atoms with Crippen LogP contribution < -0.4 is 19.5 Å². The van der Waals surface area contributed by atoms with E-state index in [4.69, 9.17) is 14.2 Å². The van der Waals surface area contributed by atoms with Gasteiger partial charge in [0.25, 0.3) is 5.91 Å². The van der Waals surface area contributed by atoms with Gasteiger partial charge in [-0.15, -0.1) is 0 Å². The van der Waals surface area contributed by atoms with E-state index in [1.54, 1.807) is 38.5 Å². The van der Waals surface area contributed by atoms with Crippen molar-refractivity contribution in [3.8, 4) is 17.2 Å². The Morgan fingerprint density at radius 2 is 1.85 bits per heavy atom. The van der Waals surface area contributed by atoms with Gasteiger partial charge in [-0.1, -0.05) is 19.1 Å². The molecule has 0 bridgehead atoms. The van der Waals surface area contributed by atoms with Crippen molar-refractivity contribution in [3.05, 3.63) is 53.8 Å². The van der Waals surface area contributed by atoms with E-state index in [-0.39, 0.29) is 17.7 Å². The molecule has 0 spiro atoms. The molecule has 0 unspecified atom stereocenters. The largest absolute Gasteiger partial charge is 0.497 e. The summed E-state index contributed by atoms with van der Waals surface area (Å²) in [4.78, 5) is 12.6. The van der Waals surface area contributed by atoms with Gasteiger partial charge in [0.1, 0.15) is 11.5 Å². The minimum absolute atomic E-state index is 0.0566. The predicted molar refractivity (Wildman–Crippen MR) is 97.2 cm³/mol. The van der Waals surface area contributed by atoms with Gasteiger partial charge in [-0.2, -0.15) is 0 Å². The number of nitrogens with one attached hydrogen (secondary N) is 1. The first kappa shape index (κ1) is 19.6. The number of ether oxygens (including phenoxy) is 3. The number of halogens is 1. The normalized spacial score (nSPS) is 12.8. The summed E-state index contributed by atoms with van der Waals surface area (Å²) in [6.45, 7) is 3.65. The van der Waals surface area contributed by atoms with E-state index in [0.29, 0.717) is 17.9 Å². The molecule has 0 aromatic heterocycles. The second-order valence-corrected chi connectivity index (χ2v) is 5.78. The molecule has 140 valence electrons. The predicted octanol–water partition coefficient (Wildman–Crippen LogP) is 3.88. The SMILES string of the molecule is CC[C@H](Oc1ccccc1F)C(=O)N[C@@H](C)c1cc(OC)ccc1OC. The molecule has 2 rings (SSSR count). The molecule has 2 atom stereocenters. The summed E-state index contributed by atoms with van der Waals surface area (Å²) in [5.41, 5.74) is 0.779. The number of hydrogen-bond donors (Lipinski definition) is 1. The van der Waals surface area contributed by atoms with Gasteiger partial charge in [-0.3, -0.25) is 4.79 Å². The lowest BCUT2D eigenvalue weighted by molar-refractivity contribution is -0.128. The van der Waals surface area contributed by atoms with Gasteiger partial charge in [-0.25, -0.2) is 4.39 Å². The number of rotatable bonds is 8. The maximum atomic E-state index is 13.8. The summed E-state index contributed by atoms with van der Waals surface area (Å²) >= 11 is 0. The monoisotopic (exact) mass is 361 g/mol. The van der Waals surface area contributed by atoms with Crippen molar-refractivity contribution in [2.45, 2.75) is 32.4 Å². The zero-order chi connectivity index (χ0) is 19.1. The topological polar surface area (TPSA) is 56.8 Å². The number of methoxy groups -OCH3 is 2. The number of para-hydroxylation sites is 1. The summed E-state index contributed by atoms with van der Waals surface area (Å²) in [7, 11) is 3.14. The van der Waals surface area contributed by atoms with Crippen molar-refractivity contribution in [1.82, 2.24) is 5.32 Å². The summed E-state index contributed by atoms with van der Waals surface area (Å²) in [5.74, 6) is 0.536. The zero-order valence-electron chi connectivity index (χ0n) is 15.4. The van der Waals surface area contributed by atoms with Crippen molar-refractivity contribution >= 4 is 5.91 Å². The molecule has 26 heavy (non-hydrogen) atoms. The molecular formula is C20H24FNO4. The lowest BCUT2D eigenvalue weighted by Gasteiger charge is -2.22. The lowest BCUT2D eigenvalue weighted by Crippen LogP contribution is -2.39. The molecular weight excluding hydrogens is 337 g/mol. The number of hydrogen-bond acceptors (Lipinski definition) is 4. The molecule has 5 nitrogen and oxygen atoms in total. The van der Waals surface area contributed by atoms with E-state index in [2.05, 4.69) is 5.32 Å². The van der Waals surface area contributed by atoms with Crippen LogP contribution in [0.1, 0.15) is 31.9 Å². The van der Waals surface area contributed by atoms with Crippen LogP contribution in [0.2, 0.25) is 0 Å². The number of amides is 1. The minimum Gasteiger partial charge on any atom is -0.497 e. The van der Waals surface area contributed by atoms with Crippen molar-refractivity contribution in [3.63, 3.8) is 0 Å².